The summed E-state index contributed by atoms with van der Waals surface area (Å²) >= 11 is 1.54. The summed E-state index contributed by atoms with van der Waals surface area (Å²) in [6.45, 7) is 0.0427. The topological polar surface area (TPSA) is 61.4 Å². The van der Waals surface area contributed by atoms with Gasteiger partial charge in [-0.1, -0.05) is 30.3 Å². The van der Waals surface area contributed by atoms with Crippen LogP contribution < -0.4 is 10.6 Å². The molecule has 3 N–H and O–H groups in total. The van der Waals surface area contributed by atoms with Crippen molar-refractivity contribution in [2.24, 2.45) is 0 Å². The molecule has 1 unspecified atom stereocenters. The van der Waals surface area contributed by atoms with Crippen molar-refractivity contribution in [2.45, 2.75) is 6.10 Å². The average molecular weight is 330 g/mol. The second-order valence-electron chi connectivity index (χ2n) is 5.02. The second-order valence-corrected chi connectivity index (χ2v) is 5.93. The maximum atomic E-state index is 13.5. The Morgan fingerprint density at radius 2 is 1.91 bits per heavy atom. The Bertz CT molecular complexity index is 834. The number of thiophene rings is 1. The molecule has 0 aliphatic carbocycles. The van der Waals surface area contributed by atoms with Crippen molar-refractivity contribution >= 4 is 33.1 Å². The number of rotatable bonds is 4. The third-order valence-electron chi connectivity index (χ3n) is 3.45. The van der Waals surface area contributed by atoms with Gasteiger partial charge in [-0.05, 0) is 29.0 Å². The van der Waals surface area contributed by atoms with Crippen LogP contribution in [-0.2, 0) is 0 Å². The van der Waals surface area contributed by atoms with Crippen LogP contribution in [0.25, 0.3) is 10.1 Å². The predicted octanol–water partition coefficient (Wildman–Crippen LogP) is 3.90. The van der Waals surface area contributed by atoms with Crippen LogP contribution in [0.15, 0.2) is 53.9 Å². The lowest BCUT2D eigenvalue weighted by Crippen LogP contribution is -2.32. The fourth-order valence-corrected chi connectivity index (χ4v) is 3.29. The molecule has 2 aromatic carbocycles. The molecule has 0 aliphatic rings. The predicted molar refractivity (Wildman–Crippen MR) is 90.2 cm³/mol. The molecule has 3 aromatic rings. The van der Waals surface area contributed by atoms with E-state index in [0.717, 1.165) is 15.6 Å². The maximum absolute atomic E-state index is 13.5. The molecule has 0 saturated heterocycles. The number of para-hydroxylation sites is 1. The highest BCUT2D eigenvalue weighted by atomic mass is 32.1. The molecule has 0 radical (unpaired) electrons. The van der Waals surface area contributed by atoms with Crippen LogP contribution in [-0.4, -0.2) is 17.7 Å². The number of halogens is 1. The Morgan fingerprint density at radius 3 is 2.74 bits per heavy atom. The summed E-state index contributed by atoms with van der Waals surface area (Å²) in [6.07, 6.45) is -0.822. The zero-order valence-corrected chi connectivity index (χ0v) is 12.9. The van der Waals surface area contributed by atoms with Crippen LogP contribution in [0.1, 0.15) is 11.7 Å². The smallest absolute Gasteiger partial charge is 0.319 e. The van der Waals surface area contributed by atoms with Gasteiger partial charge >= 0.3 is 6.03 Å². The molecule has 0 bridgehead atoms. The molecule has 0 saturated carbocycles. The highest BCUT2D eigenvalue weighted by Gasteiger charge is 2.14. The molecular formula is C17H15FN2O2S. The van der Waals surface area contributed by atoms with E-state index in [1.165, 1.54) is 12.1 Å². The number of fused-ring (bicyclic) bond motifs is 1. The van der Waals surface area contributed by atoms with Crippen molar-refractivity contribution in [3.63, 3.8) is 0 Å². The normalized spacial score (nSPS) is 12.1. The molecule has 23 heavy (non-hydrogen) atoms. The molecular weight excluding hydrogens is 315 g/mol. The van der Waals surface area contributed by atoms with Crippen LogP contribution in [0, 0.1) is 5.82 Å². The molecule has 4 nitrogen and oxygen atoms in total. The van der Waals surface area contributed by atoms with Crippen LogP contribution in [0.3, 0.4) is 0 Å². The molecule has 6 heteroatoms. The standard InChI is InChI=1S/C17H15FN2O2S/c18-13-6-2-3-7-14(13)20-17(22)19-9-15(21)12-10-23-16-8-4-1-5-11(12)16/h1-8,10,15,21H,9H2,(H2,19,20,22). The Balaban J connectivity index is 1.61. The van der Waals surface area contributed by atoms with Gasteiger partial charge in [0.15, 0.2) is 0 Å². The zero-order chi connectivity index (χ0) is 16.2. The van der Waals surface area contributed by atoms with Gasteiger partial charge < -0.3 is 15.7 Å². The number of hydrogen-bond donors (Lipinski definition) is 3. The van der Waals surface area contributed by atoms with Gasteiger partial charge in [0.05, 0.1) is 11.8 Å². The summed E-state index contributed by atoms with van der Waals surface area (Å²) in [5, 5.41) is 18.1. The Morgan fingerprint density at radius 1 is 1.17 bits per heavy atom. The number of hydrogen-bond acceptors (Lipinski definition) is 3. The first-order valence-electron chi connectivity index (χ1n) is 7.08. The minimum atomic E-state index is -0.822. The zero-order valence-electron chi connectivity index (χ0n) is 12.1. The lowest BCUT2D eigenvalue weighted by Gasteiger charge is -2.12. The molecule has 0 aliphatic heterocycles. The van der Waals surface area contributed by atoms with E-state index in [4.69, 9.17) is 0 Å². The van der Waals surface area contributed by atoms with Crippen molar-refractivity contribution in [2.75, 3.05) is 11.9 Å². The molecule has 1 aromatic heterocycles. The third-order valence-corrected chi connectivity index (χ3v) is 4.43. The van der Waals surface area contributed by atoms with Crippen LogP contribution in [0.2, 0.25) is 0 Å². The van der Waals surface area contributed by atoms with Crippen molar-refractivity contribution in [3.8, 4) is 0 Å². The number of carbonyl (C=O) groups is 1. The van der Waals surface area contributed by atoms with Crippen molar-refractivity contribution in [1.29, 1.82) is 0 Å². The average Bonchev–Trinajstić information content (AvgIpc) is 2.99. The van der Waals surface area contributed by atoms with Crippen molar-refractivity contribution < 1.29 is 14.3 Å². The Labute approximate surface area is 136 Å². The van der Waals surface area contributed by atoms with E-state index in [9.17, 15) is 14.3 Å². The molecule has 3 rings (SSSR count). The van der Waals surface area contributed by atoms with Gasteiger partial charge in [0, 0.05) is 16.8 Å². The van der Waals surface area contributed by atoms with Gasteiger partial charge in [0.1, 0.15) is 5.82 Å². The first kappa shape index (κ1) is 15.5. The number of aliphatic hydroxyl groups is 1. The van der Waals surface area contributed by atoms with E-state index in [0.29, 0.717) is 0 Å². The highest BCUT2D eigenvalue weighted by molar-refractivity contribution is 7.17. The van der Waals surface area contributed by atoms with Crippen molar-refractivity contribution in [3.05, 3.63) is 65.3 Å². The fourth-order valence-electron chi connectivity index (χ4n) is 2.28. The highest BCUT2D eigenvalue weighted by Crippen LogP contribution is 2.29. The van der Waals surface area contributed by atoms with Gasteiger partial charge in [-0.25, -0.2) is 9.18 Å². The Hall–Kier alpha value is -2.44. The number of benzene rings is 2. The number of aliphatic hydroxyl groups excluding tert-OH is 1. The summed E-state index contributed by atoms with van der Waals surface area (Å²) in [5.74, 6) is -0.507. The number of anilines is 1. The van der Waals surface area contributed by atoms with E-state index >= 15 is 0 Å². The number of amides is 2. The second kappa shape index (κ2) is 6.76. The van der Waals surface area contributed by atoms with Crippen LogP contribution in [0.5, 0.6) is 0 Å². The van der Waals surface area contributed by atoms with E-state index in [1.54, 1.807) is 23.5 Å². The summed E-state index contributed by atoms with van der Waals surface area (Å²) < 4.78 is 14.5. The number of nitrogens with one attached hydrogen (secondary N) is 2. The fraction of sp³-hybridized carbons (Fsp3) is 0.118. The maximum Gasteiger partial charge on any atom is 0.319 e. The van der Waals surface area contributed by atoms with Crippen LogP contribution >= 0.6 is 11.3 Å². The van der Waals surface area contributed by atoms with Gasteiger partial charge in [-0.3, -0.25) is 0 Å². The van der Waals surface area contributed by atoms with E-state index in [-0.39, 0.29) is 12.2 Å². The summed E-state index contributed by atoms with van der Waals surface area (Å²) in [4.78, 5) is 11.8. The monoisotopic (exact) mass is 330 g/mol. The molecule has 1 heterocycles. The number of urea groups is 1. The van der Waals surface area contributed by atoms with E-state index in [1.807, 2.05) is 29.6 Å². The summed E-state index contributed by atoms with van der Waals surface area (Å²) in [6, 6.07) is 13.1. The minimum absolute atomic E-state index is 0.0427. The van der Waals surface area contributed by atoms with Gasteiger partial charge in [-0.15, -0.1) is 11.3 Å². The quantitative estimate of drug-likeness (QED) is 0.679. The summed E-state index contributed by atoms with van der Waals surface area (Å²) in [5.41, 5.74) is 0.872. The van der Waals surface area contributed by atoms with Gasteiger partial charge in [-0.2, -0.15) is 0 Å². The lowest BCUT2D eigenvalue weighted by atomic mass is 10.1. The van der Waals surface area contributed by atoms with Gasteiger partial charge in [0.25, 0.3) is 0 Å². The molecule has 0 spiro atoms. The van der Waals surface area contributed by atoms with Crippen LogP contribution in [0.4, 0.5) is 14.9 Å². The lowest BCUT2D eigenvalue weighted by molar-refractivity contribution is 0.177. The number of carbonyl (C=O) groups excluding carboxylic acids is 1. The SMILES string of the molecule is O=C(NCC(O)c1csc2ccccc12)Nc1ccccc1F. The van der Waals surface area contributed by atoms with E-state index < -0.39 is 18.0 Å². The summed E-state index contributed by atoms with van der Waals surface area (Å²) in [7, 11) is 0. The molecule has 118 valence electrons. The first-order chi connectivity index (χ1) is 11.1. The first-order valence-corrected chi connectivity index (χ1v) is 7.96. The molecule has 0 fully saturated rings. The van der Waals surface area contributed by atoms with Crippen molar-refractivity contribution in [1.82, 2.24) is 5.32 Å². The largest absolute Gasteiger partial charge is 0.387 e. The Kier molecular flexibility index (Phi) is 4.55. The van der Waals surface area contributed by atoms with E-state index in [2.05, 4.69) is 10.6 Å². The molecule has 2 amide bonds. The molecule has 1 atom stereocenters. The van der Waals surface area contributed by atoms with Gasteiger partial charge in [0.2, 0.25) is 0 Å². The minimum Gasteiger partial charge on any atom is -0.387 e. The third kappa shape index (κ3) is 3.49.